The lowest BCUT2D eigenvalue weighted by Crippen LogP contribution is -2.26. The Labute approximate surface area is 157 Å². The summed E-state index contributed by atoms with van der Waals surface area (Å²) in [4.78, 5) is 15.2. The number of rotatable bonds is 6. The largest absolute Gasteiger partial charge is 0.380 e. The highest BCUT2D eigenvalue weighted by Crippen LogP contribution is 2.34. The van der Waals surface area contributed by atoms with E-state index in [1.165, 1.54) is 23.0 Å². The van der Waals surface area contributed by atoms with Gasteiger partial charge in [0.15, 0.2) is 0 Å². The van der Waals surface area contributed by atoms with Crippen LogP contribution in [0, 0.1) is 5.82 Å². The SMILES string of the molecule is CCc1ccc(CN(C)C(=O)c2sc3cccc(F)c3c2COC)cc1. The highest BCUT2D eigenvalue weighted by atomic mass is 32.1. The Morgan fingerprint density at radius 1 is 1.15 bits per heavy atom. The van der Waals surface area contributed by atoms with E-state index in [0.717, 1.165) is 16.7 Å². The maximum Gasteiger partial charge on any atom is 0.264 e. The van der Waals surface area contributed by atoms with E-state index < -0.39 is 0 Å². The first kappa shape index (κ1) is 18.5. The fraction of sp³-hybridized carbons (Fsp3) is 0.286. The summed E-state index contributed by atoms with van der Waals surface area (Å²) < 4.78 is 20.3. The molecule has 136 valence electrons. The van der Waals surface area contributed by atoms with E-state index in [0.29, 0.717) is 22.4 Å². The van der Waals surface area contributed by atoms with Crippen molar-refractivity contribution >= 4 is 27.3 Å². The lowest BCUT2D eigenvalue weighted by Gasteiger charge is -2.17. The van der Waals surface area contributed by atoms with Gasteiger partial charge in [-0.15, -0.1) is 11.3 Å². The molecule has 0 bridgehead atoms. The Balaban J connectivity index is 1.90. The van der Waals surface area contributed by atoms with Crippen molar-refractivity contribution in [2.75, 3.05) is 14.2 Å². The standard InChI is InChI=1S/C21H22FNO2S/c1-4-14-8-10-15(11-9-14)12-23(2)21(24)20-16(13-25-3)19-17(22)6-5-7-18(19)26-20/h5-11H,4,12-13H2,1-3H3. The van der Waals surface area contributed by atoms with Gasteiger partial charge in [-0.3, -0.25) is 4.79 Å². The van der Waals surface area contributed by atoms with Gasteiger partial charge in [0, 0.05) is 36.4 Å². The average Bonchev–Trinajstić information content (AvgIpc) is 3.02. The summed E-state index contributed by atoms with van der Waals surface area (Å²) >= 11 is 1.32. The highest BCUT2D eigenvalue weighted by molar-refractivity contribution is 7.21. The highest BCUT2D eigenvalue weighted by Gasteiger charge is 2.23. The Hall–Kier alpha value is -2.24. The number of ether oxygens (including phenoxy) is 1. The molecule has 0 aliphatic carbocycles. The van der Waals surface area contributed by atoms with E-state index in [1.807, 2.05) is 18.2 Å². The third kappa shape index (κ3) is 3.64. The number of carbonyl (C=O) groups is 1. The molecule has 5 heteroatoms. The lowest BCUT2D eigenvalue weighted by atomic mass is 10.1. The topological polar surface area (TPSA) is 29.5 Å². The summed E-state index contributed by atoms with van der Waals surface area (Å²) in [6.07, 6.45) is 0.989. The van der Waals surface area contributed by atoms with Crippen LogP contribution in [0.5, 0.6) is 0 Å². The third-order valence-corrected chi connectivity index (χ3v) is 5.63. The summed E-state index contributed by atoms with van der Waals surface area (Å²) in [6.45, 7) is 2.83. The van der Waals surface area contributed by atoms with Gasteiger partial charge >= 0.3 is 0 Å². The van der Waals surface area contributed by atoms with Gasteiger partial charge in [0.25, 0.3) is 5.91 Å². The molecule has 0 aliphatic heterocycles. The first-order chi connectivity index (χ1) is 12.5. The van der Waals surface area contributed by atoms with Crippen LogP contribution in [-0.4, -0.2) is 25.0 Å². The zero-order valence-electron chi connectivity index (χ0n) is 15.2. The van der Waals surface area contributed by atoms with Crippen LogP contribution in [0.4, 0.5) is 4.39 Å². The molecule has 3 rings (SSSR count). The second kappa shape index (κ2) is 7.98. The van der Waals surface area contributed by atoms with E-state index in [9.17, 15) is 9.18 Å². The third-order valence-electron chi connectivity index (χ3n) is 4.44. The molecule has 0 saturated carbocycles. The average molecular weight is 371 g/mol. The molecule has 0 unspecified atom stereocenters. The minimum Gasteiger partial charge on any atom is -0.380 e. The first-order valence-electron chi connectivity index (χ1n) is 8.57. The van der Waals surface area contributed by atoms with E-state index in [1.54, 1.807) is 25.1 Å². The number of amides is 1. The van der Waals surface area contributed by atoms with Gasteiger partial charge in [0.1, 0.15) is 5.82 Å². The zero-order chi connectivity index (χ0) is 18.7. The van der Waals surface area contributed by atoms with Gasteiger partial charge in [-0.2, -0.15) is 0 Å². The van der Waals surface area contributed by atoms with Crippen molar-refractivity contribution in [2.24, 2.45) is 0 Å². The van der Waals surface area contributed by atoms with Crippen molar-refractivity contribution in [3.63, 3.8) is 0 Å². The molecule has 0 N–H and O–H groups in total. The maximum absolute atomic E-state index is 14.3. The zero-order valence-corrected chi connectivity index (χ0v) is 16.0. The number of nitrogens with zero attached hydrogens (tertiary/aromatic N) is 1. The summed E-state index contributed by atoms with van der Waals surface area (Å²) in [7, 11) is 3.32. The number of carbonyl (C=O) groups excluding carboxylic acids is 1. The number of benzene rings is 2. The number of halogens is 1. The molecule has 2 aromatic carbocycles. The molecule has 26 heavy (non-hydrogen) atoms. The molecular formula is C21H22FNO2S. The Morgan fingerprint density at radius 2 is 1.85 bits per heavy atom. The molecule has 3 aromatic rings. The minimum atomic E-state index is -0.317. The smallest absolute Gasteiger partial charge is 0.264 e. The van der Waals surface area contributed by atoms with Crippen LogP contribution in [0.2, 0.25) is 0 Å². The normalized spacial score (nSPS) is 11.1. The molecule has 1 heterocycles. The number of hydrogen-bond donors (Lipinski definition) is 0. The van der Waals surface area contributed by atoms with Crippen LogP contribution in [0.1, 0.15) is 33.3 Å². The summed E-state index contributed by atoms with van der Waals surface area (Å²) in [5, 5.41) is 0.489. The molecule has 1 aromatic heterocycles. The van der Waals surface area contributed by atoms with Gasteiger partial charge in [-0.25, -0.2) is 4.39 Å². The van der Waals surface area contributed by atoms with E-state index in [2.05, 4.69) is 19.1 Å². The van der Waals surface area contributed by atoms with Crippen LogP contribution >= 0.6 is 11.3 Å². The van der Waals surface area contributed by atoms with Crippen molar-refractivity contribution in [2.45, 2.75) is 26.5 Å². The van der Waals surface area contributed by atoms with Crippen LogP contribution in [0.25, 0.3) is 10.1 Å². The second-order valence-corrected chi connectivity index (χ2v) is 7.34. The quantitative estimate of drug-likeness (QED) is 0.609. The van der Waals surface area contributed by atoms with Crippen LogP contribution in [0.3, 0.4) is 0 Å². The molecule has 0 radical (unpaired) electrons. The molecule has 3 nitrogen and oxygen atoms in total. The van der Waals surface area contributed by atoms with Crippen molar-refractivity contribution in [3.8, 4) is 0 Å². The fourth-order valence-electron chi connectivity index (χ4n) is 3.02. The van der Waals surface area contributed by atoms with Gasteiger partial charge in [0.05, 0.1) is 11.5 Å². The number of methoxy groups -OCH3 is 1. The number of thiophene rings is 1. The molecule has 0 atom stereocenters. The summed E-state index contributed by atoms with van der Waals surface area (Å²) in [5.74, 6) is -0.431. The van der Waals surface area contributed by atoms with Crippen molar-refractivity contribution in [1.82, 2.24) is 4.90 Å². The van der Waals surface area contributed by atoms with Gasteiger partial charge < -0.3 is 9.64 Å². The number of hydrogen-bond acceptors (Lipinski definition) is 3. The first-order valence-corrected chi connectivity index (χ1v) is 9.38. The Bertz CT molecular complexity index is 918. The van der Waals surface area contributed by atoms with Crippen LogP contribution < -0.4 is 0 Å². The fourth-order valence-corrected chi connectivity index (χ4v) is 4.24. The predicted molar refractivity (Wildman–Crippen MR) is 104 cm³/mol. The summed E-state index contributed by atoms with van der Waals surface area (Å²) in [5.41, 5.74) is 2.97. The van der Waals surface area contributed by atoms with E-state index in [4.69, 9.17) is 4.74 Å². The number of aryl methyl sites for hydroxylation is 1. The van der Waals surface area contributed by atoms with Gasteiger partial charge in [0.2, 0.25) is 0 Å². The maximum atomic E-state index is 14.3. The van der Waals surface area contributed by atoms with Crippen molar-refractivity contribution in [1.29, 1.82) is 0 Å². The molecule has 1 amide bonds. The monoisotopic (exact) mass is 371 g/mol. The van der Waals surface area contributed by atoms with Crippen LogP contribution in [0.15, 0.2) is 42.5 Å². The van der Waals surface area contributed by atoms with Crippen molar-refractivity contribution < 1.29 is 13.9 Å². The second-order valence-electron chi connectivity index (χ2n) is 6.29. The Morgan fingerprint density at radius 3 is 2.50 bits per heavy atom. The molecule has 0 aliphatic rings. The Kier molecular flexibility index (Phi) is 5.69. The molecule has 0 spiro atoms. The van der Waals surface area contributed by atoms with Crippen LogP contribution in [-0.2, 0) is 24.3 Å². The van der Waals surface area contributed by atoms with E-state index in [-0.39, 0.29) is 18.3 Å². The van der Waals surface area contributed by atoms with E-state index >= 15 is 0 Å². The number of fused-ring (bicyclic) bond motifs is 1. The minimum absolute atomic E-state index is 0.114. The predicted octanol–water partition coefficient (Wildman–Crippen LogP) is 5.02. The lowest BCUT2D eigenvalue weighted by molar-refractivity contribution is 0.0785. The molecular weight excluding hydrogens is 349 g/mol. The van der Waals surface area contributed by atoms with Gasteiger partial charge in [-0.05, 0) is 29.7 Å². The van der Waals surface area contributed by atoms with Gasteiger partial charge in [-0.1, -0.05) is 37.3 Å². The molecule has 0 fully saturated rings. The molecule has 0 saturated heterocycles. The summed E-state index contributed by atoms with van der Waals surface area (Å²) in [6, 6.07) is 13.2. The van der Waals surface area contributed by atoms with Crippen molar-refractivity contribution in [3.05, 3.63) is 69.8 Å².